The standard InChI is InChI=1S/C19H17F3N4OS/c1-27-14-4-2-3-12(7-14)17-23-9-15(28-17)11-26-6-5-16-13(10-26)8-24-18(25-16)19(20,21)22/h2-4,7-9H,5-6,10-11H2,1H3. The van der Waals surface area contributed by atoms with Gasteiger partial charge in [0.2, 0.25) is 5.82 Å². The van der Waals surface area contributed by atoms with Crippen LogP contribution in [0.4, 0.5) is 13.2 Å². The summed E-state index contributed by atoms with van der Waals surface area (Å²) in [5.74, 6) is -0.287. The number of nitrogens with zero attached hydrogens (tertiary/aromatic N) is 4. The second kappa shape index (κ2) is 7.48. The Balaban J connectivity index is 1.46. The second-order valence-corrected chi connectivity index (χ2v) is 7.60. The molecule has 28 heavy (non-hydrogen) atoms. The smallest absolute Gasteiger partial charge is 0.451 e. The van der Waals surface area contributed by atoms with E-state index in [1.165, 1.54) is 6.20 Å². The fourth-order valence-corrected chi connectivity index (χ4v) is 4.09. The number of benzene rings is 1. The van der Waals surface area contributed by atoms with Gasteiger partial charge in [0.1, 0.15) is 10.8 Å². The Bertz CT molecular complexity index is 989. The number of thiazole rings is 1. The van der Waals surface area contributed by atoms with Crippen LogP contribution in [-0.4, -0.2) is 33.5 Å². The first-order valence-electron chi connectivity index (χ1n) is 8.66. The molecular weight excluding hydrogens is 389 g/mol. The van der Waals surface area contributed by atoms with Crippen molar-refractivity contribution in [2.75, 3.05) is 13.7 Å². The van der Waals surface area contributed by atoms with Crippen molar-refractivity contribution in [3.63, 3.8) is 0 Å². The average Bonchev–Trinajstić information content (AvgIpc) is 3.15. The minimum Gasteiger partial charge on any atom is -0.497 e. The molecule has 1 aliphatic heterocycles. The van der Waals surface area contributed by atoms with Crippen molar-refractivity contribution in [3.8, 4) is 16.3 Å². The number of halogens is 3. The fourth-order valence-electron chi connectivity index (χ4n) is 3.14. The zero-order valence-corrected chi connectivity index (χ0v) is 15.8. The molecule has 2 aromatic heterocycles. The van der Waals surface area contributed by atoms with Crippen molar-refractivity contribution in [2.24, 2.45) is 0 Å². The Morgan fingerprint density at radius 2 is 2.07 bits per heavy atom. The molecule has 0 amide bonds. The predicted molar refractivity (Wildman–Crippen MR) is 99.0 cm³/mol. The average molecular weight is 406 g/mol. The molecule has 5 nitrogen and oxygen atoms in total. The van der Waals surface area contributed by atoms with Crippen LogP contribution >= 0.6 is 11.3 Å². The molecule has 0 fully saturated rings. The van der Waals surface area contributed by atoms with Crippen molar-refractivity contribution in [3.05, 3.63) is 58.6 Å². The van der Waals surface area contributed by atoms with Gasteiger partial charge in [0.15, 0.2) is 0 Å². The molecule has 0 aliphatic carbocycles. The molecule has 0 unspecified atom stereocenters. The van der Waals surface area contributed by atoms with Crippen LogP contribution in [0.1, 0.15) is 22.0 Å². The van der Waals surface area contributed by atoms with Gasteiger partial charge in [0.05, 0.1) is 12.8 Å². The monoisotopic (exact) mass is 406 g/mol. The molecule has 146 valence electrons. The Morgan fingerprint density at radius 3 is 2.86 bits per heavy atom. The van der Waals surface area contributed by atoms with Crippen LogP contribution in [0.2, 0.25) is 0 Å². The van der Waals surface area contributed by atoms with E-state index < -0.39 is 12.0 Å². The van der Waals surface area contributed by atoms with E-state index in [4.69, 9.17) is 4.74 Å². The van der Waals surface area contributed by atoms with Crippen LogP contribution < -0.4 is 4.74 Å². The van der Waals surface area contributed by atoms with Crippen molar-refractivity contribution in [1.82, 2.24) is 19.9 Å². The van der Waals surface area contributed by atoms with E-state index in [0.29, 0.717) is 31.7 Å². The lowest BCUT2D eigenvalue weighted by molar-refractivity contribution is -0.145. The van der Waals surface area contributed by atoms with Crippen molar-refractivity contribution in [2.45, 2.75) is 25.7 Å². The lowest BCUT2D eigenvalue weighted by atomic mass is 10.1. The summed E-state index contributed by atoms with van der Waals surface area (Å²) >= 11 is 1.60. The SMILES string of the molecule is COc1cccc(-c2ncc(CN3CCc4nc(C(F)(F)F)ncc4C3)s2)c1. The second-order valence-electron chi connectivity index (χ2n) is 6.49. The third kappa shape index (κ3) is 4.00. The summed E-state index contributed by atoms with van der Waals surface area (Å²) in [6, 6.07) is 7.73. The summed E-state index contributed by atoms with van der Waals surface area (Å²) < 4.78 is 43.5. The molecule has 9 heteroatoms. The summed E-state index contributed by atoms with van der Waals surface area (Å²) in [5, 5.41) is 0.907. The highest BCUT2D eigenvalue weighted by Crippen LogP contribution is 2.30. The van der Waals surface area contributed by atoms with E-state index in [9.17, 15) is 13.2 Å². The third-order valence-electron chi connectivity index (χ3n) is 4.52. The quantitative estimate of drug-likeness (QED) is 0.651. The maximum Gasteiger partial charge on any atom is 0.451 e. The summed E-state index contributed by atoms with van der Waals surface area (Å²) in [6.45, 7) is 1.86. The van der Waals surface area contributed by atoms with Gasteiger partial charge in [-0.05, 0) is 12.1 Å². The normalized spacial score (nSPS) is 14.7. The fraction of sp³-hybridized carbons (Fsp3) is 0.316. The molecule has 1 aromatic carbocycles. The van der Waals surface area contributed by atoms with Crippen LogP contribution in [0.25, 0.3) is 10.6 Å². The number of rotatable bonds is 4. The van der Waals surface area contributed by atoms with Crippen LogP contribution in [-0.2, 0) is 25.7 Å². The van der Waals surface area contributed by atoms with Gasteiger partial charge in [-0.25, -0.2) is 15.0 Å². The molecule has 3 heterocycles. The molecule has 0 N–H and O–H groups in total. The lowest BCUT2D eigenvalue weighted by Crippen LogP contribution is -2.31. The summed E-state index contributed by atoms with van der Waals surface area (Å²) in [6.07, 6.45) is -0.891. The van der Waals surface area contributed by atoms with E-state index in [-0.39, 0.29) is 0 Å². The van der Waals surface area contributed by atoms with Crippen molar-refractivity contribution < 1.29 is 17.9 Å². The van der Waals surface area contributed by atoms with Crippen LogP contribution in [0.3, 0.4) is 0 Å². The molecule has 3 aromatic rings. The van der Waals surface area contributed by atoms with Gasteiger partial charge in [-0.3, -0.25) is 4.90 Å². The van der Waals surface area contributed by atoms with E-state index in [0.717, 1.165) is 26.8 Å². The van der Waals surface area contributed by atoms with Gasteiger partial charge < -0.3 is 4.74 Å². The van der Waals surface area contributed by atoms with Crippen LogP contribution in [0.5, 0.6) is 5.75 Å². The molecule has 1 aliphatic rings. The van der Waals surface area contributed by atoms with Gasteiger partial charge in [-0.1, -0.05) is 12.1 Å². The number of hydrogen-bond acceptors (Lipinski definition) is 6. The molecule has 4 rings (SSSR count). The van der Waals surface area contributed by atoms with E-state index >= 15 is 0 Å². The van der Waals surface area contributed by atoms with Crippen LogP contribution in [0.15, 0.2) is 36.7 Å². The van der Waals surface area contributed by atoms with Crippen molar-refractivity contribution in [1.29, 1.82) is 0 Å². The van der Waals surface area contributed by atoms with E-state index in [1.54, 1.807) is 18.4 Å². The first kappa shape index (κ1) is 18.8. The summed E-state index contributed by atoms with van der Waals surface area (Å²) in [7, 11) is 1.63. The topological polar surface area (TPSA) is 51.1 Å². The Kier molecular flexibility index (Phi) is 5.03. The van der Waals surface area contributed by atoms with Crippen molar-refractivity contribution >= 4 is 11.3 Å². The zero-order chi connectivity index (χ0) is 19.7. The zero-order valence-electron chi connectivity index (χ0n) is 15.0. The van der Waals surface area contributed by atoms with Crippen LogP contribution in [0, 0.1) is 0 Å². The van der Waals surface area contributed by atoms with Gasteiger partial charge in [-0.15, -0.1) is 11.3 Å². The van der Waals surface area contributed by atoms with E-state index in [2.05, 4.69) is 19.9 Å². The summed E-state index contributed by atoms with van der Waals surface area (Å²) in [5.41, 5.74) is 2.23. The largest absolute Gasteiger partial charge is 0.497 e. The highest BCUT2D eigenvalue weighted by molar-refractivity contribution is 7.15. The molecule has 0 atom stereocenters. The number of hydrogen-bond donors (Lipinski definition) is 0. The Morgan fingerprint density at radius 1 is 1.21 bits per heavy atom. The Hall–Kier alpha value is -2.52. The summed E-state index contributed by atoms with van der Waals surface area (Å²) in [4.78, 5) is 14.9. The first-order valence-corrected chi connectivity index (χ1v) is 9.47. The van der Waals surface area contributed by atoms with Gasteiger partial charge >= 0.3 is 6.18 Å². The number of alkyl halides is 3. The van der Waals surface area contributed by atoms with Gasteiger partial charge in [-0.2, -0.15) is 13.2 Å². The highest BCUT2D eigenvalue weighted by atomic mass is 32.1. The molecular formula is C19H17F3N4OS. The highest BCUT2D eigenvalue weighted by Gasteiger charge is 2.35. The molecule has 0 spiro atoms. The minimum atomic E-state index is -4.51. The van der Waals surface area contributed by atoms with Gasteiger partial charge in [0, 0.05) is 54.5 Å². The first-order chi connectivity index (χ1) is 13.4. The third-order valence-corrected chi connectivity index (χ3v) is 5.55. The molecule has 0 radical (unpaired) electrons. The predicted octanol–water partition coefficient (Wildman–Crippen LogP) is 4.19. The van der Waals surface area contributed by atoms with E-state index in [1.807, 2.05) is 30.5 Å². The maximum atomic E-state index is 12.8. The maximum absolute atomic E-state index is 12.8. The molecule has 0 saturated carbocycles. The number of aromatic nitrogens is 3. The number of fused-ring (bicyclic) bond motifs is 1. The number of ether oxygens (including phenoxy) is 1. The number of methoxy groups -OCH3 is 1. The van der Waals surface area contributed by atoms with Gasteiger partial charge in [0.25, 0.3) is 0 Å². The Labute approximate surface area is 163 Å². The molecule has 0 bridgehead atoms. The minimum absolute atomic E-state index is 0.475. The lowest BCUT2D eigenvalue weighted by Gasteiger charge is -2.27. The molecule has 0 saturated heterocycles.